The van der Waals surface area contributed by atoms with Crippen molar-refractivity contribution in [2.45, 2.75) is 63.8 Å². The van der Waals surface area contributed by atoms with Crippen molar-refractivity contribution in [2.24, 2.45) is 12.0 Å². The molecule has 1 aliphatic rings. The van der Waals surface area contributed by atoms with E-state index in [4.69, 9.17) is 4.99 Å². The second kappa shape index (κ2) is 11.7. The first-order valence-corrected chi connectivity index (χ1v) is 12.1. The molecule has 0 saturated heterocycles. The number of aromatic nitrogens is 3. The molecule has 26 heavy (non-hydrogen) atoms. The summed E-state index contributed by atoms with van der Waals surface area (Å²) in [6, 6.07) is 0.515. The maximum atomic E-state index is 4.79. The Kier molecular flexibility index (Phi) is 9.67. The number of nitrogens with zero attached hydrogens (tertiary/aromatic N) is 4. The fourth-order valence-electron chi connectivity index (χ4n) is 3.17. The first-order valence-electron chi connectivity index (χ1n) is 9.64. The van der Waals surface area contributed by atoms with Crippen LogP contribution in [0.5, 0.6) is 0 Å². The van der Waals surface area contributed by atoms with Crippen LogP contribution < -0.4 is 10.6 Å². The quantitative estimate of drug-likeness (QED) is 0.379. The molecule has 1 aromatic heterocycles. The highest BCUT2D eigenvalue weighted by Crippen LogP contribution is 2.28. The zero-order chi connectivity index (χ0) is 18.8. The van der Waals surface area contributed by atoms with Crippen LogP contribution in [0.3, 0.4) is 0 Å². The van der Waals surface area contributed by atoms with Crippen molar-refractivity contribution in [3.8, 4) is 0 Å². The molecule has 0 aliphatic heterocycles. The molecule has 148 valence electrons. The lowest BCUT2D eigenvalue weighted by Crippen LogP contribution is -2.46. The lowest BCUT2D eigenvalue weighted by atomic mass is 9.95. The number of guanidine groups is 1. The van der Waals surface area contributed by atoms with Gasteiger partial charge >= 0.3 is 0 Å². The molecule has 2 rings (SSSR count). The van der Waals surface area contributed by atoms with E-state index in [0.717, 1.165) is 35.8 Å². The number of rotatable bonds is 9. The average molecular weight is 399 g/mol. The molecule has 2 atom stereocenters. The molecule has 6 nitrogen and oxygen atoms in total. The monoisotopic (exact) mass is 398 g/mol. The molecule has 0 bridgehead atoms. The molecule has 2 unspecified atom stereocenters. The van der Waals surface area contributed by atoms with Gasteiger partial charge in [0.25, 0.3) is 0 Å². The Morgan fingerprint density at radius 3 is 2.88 bits per heavy atom. The Morgan fingerprint density at radius 1 is 1.35 bits per heavy atom. The molecular formula is C18H34N6S2. The number of thioether (sulfide) groups is 2. The van der Waals surface area contributed by atoms with E-state index in [1.165, 1.54) is 37.2 Å². The van der Waals surface area contributed by atoms with Crippen molar-refractivity contribution in [1.82, 2.24) is 25.4 Å². The SMILES string of the molecule is CCSC1CCCC(NC(=NCc2nnc(C)n2C)NCCCSC)C1. The number of aliphatic imine (C=N–C) groups is 1. The zero-order valence-electron chi connectivity index (χ0n) is 16.6. The Morgan fingerprint density at radius 2 is 2.19 bits per heavy atom. The maximum Gasteiger partial charge on any atom is 0.191 e. The molecule has 0 radical (unpaired) electrons. The van der Waals surface area contributed by atoms with Gasteiger partial charge in [0.1, 0.15) is 12.4 Å². The summed E-state index contributed by atoms with van der Waals surface area (Å²) in [5, 5.41) is 16.3. The number of nitrogens with one attached hydrogen (secondary N) is 2. The Labute approximate surface area is 166 Å². The van der Waals surface area contributed by atoms with Gasteiger partial charge in [-0.05, 0) is 50.4 Å². The van der Waals surface area contributed by atoms with E-state index in [1.807, 2.05) is 30.3 Å². The number of aryl methyl sites for hydroxylation is 1. The van der Waals surface area contributed by atoms with Crippen LogP contribution in [0.4, 0.5) is 0 Å². The van der Waals surface area contributed by atoms with Gasteiger partial charge in [0.05, 0.1) is 0 Å². The molecule has 0 aromatic carbocycles. The van der Waals surface area contributed by atoms with Crippen LogP contribution in [-0.4, -0.2) is 56.3 Å². The predicted octanol–water partition coefficient (Wildman–Crippen LogP) is 2.98. The third-order valence-corrected chi connectivity index (χ3v) is 6.68. The smallest absolute Gasteiger partial charge is 0.191 e. The Bertz CT molecular complexity index is 558. The van der Waals surface area contributed by atoms with Crippen LogP contribution >= 0.6 is 23.5 Å². The molecule has 8 heteroatoms. The fourth-order valence-corrected chi connectivity index (χ4v) is 4.78. The summed E-state index contributed by atoms with van der Waals surface area (Å²) in [4.78, 5) is 4.79. The van der Waals surface area contributed by atoms with Gasteiger partial charge in [-0.25, -0.2) is 4.99 Å². The summed E-state index contributed by atoms with van der Waals surface area (Å²) in [7, 11) is 1.99. The van der Waals surface area contributed by atoms with Crippen LogP contribution in [0.15, 0.2) is 4.99 Å². The molecule has 1 heterocycles. The van der Waals surface area contributed by atoms with Crippen LogP contribution in [0.2, 0.25) is 0 Å². The van der Waals surface area contributed by atoms with E-state index >= 15 is 0 Å². The van der Waals surface area contributed by atoms with E-state index in [9.17, 15) is 0 Å². The van der Waals surface area contributed by atoms with E-state index in [-0.39, 0.29) is 0 Å². The molecule has 1 saturated carbocycles. The summed E-state index contributed by atoms with van der Waals surface area (Å²) in [5.74, 6) is 5.11. The van der Waals surface area contributed by atoms with Crippen molar-refractivity contribution in [2.75, 3.05) is 24.3 Å². The van der Waals surface area contributed by atoms with Gasteiger partial charge in [-0.15, -0.1) is 10.2 Å². The minimum atomic E-state index is 0.515. The third-order valence-electron chi connectivity index (χ3n) is 4.75. The van der Waals surface area contributed by atoms with Gasteiger partial charge in [-0.1, -0.05) is 13.3 Å². The first-order chi connectivity index (χ1) is 12.6. The van der Waals surface area contributed by atoms with Crippen LogP contribution in [0, 0.1) is 6.92 Å². The lowest BCUT2D eigenvalue weighted by Gasteiger charge is -2.30. The topological polar surface area (TPSA) is 67.1 Å². The predicted molar refractivity (Wildman–Crippen MR) is 115 cm³/mol. The average Bonchev–Trinajstić information content (AvgIpc) is 2.95. The fraction of sp³-hybridized carbons (Fsp3) is 0.833. The summed E-state index contributed by atoms with van der Waals surface area (Å²) in [5.41, 5.74) is 0. The van der Waals surface area contributed by atoms with Crippen LogP contribution in [0.25, 0.3) is 0 Å². The molecule has 0 spiro atoms. The first kappa shape index (κ1) is 21.4. The van der Waals surface area contributed by atoms with Gasteiger partial charge < -0.3 is 15.2 Å². The van der Waals surface area contributed by atoms with E-state index < -0.39 is 0 Å². The normalized spacial score (nSPS) is 21.0. The van der Waals surface area contributed by atoms with Gasteiger partial charge in [-0.3, -0.25) is 0 Å². The number of hydrogen-bond donors (Lipinski definition) is 2. The number of hydrogen-bond acceptors (Lipinski definition) is 5. The minimum absolute atomic E-state index is 0.515. The van der Waals surface area contributed by atoms with Crippen molar-refractivity contribution in [3.05, 3.63) is 11.6 Å². The molecule has 1 aliphatic carbocycles. The highest BCUT2D eigenvalue weighted by atomic mass is 32.2. The standard InChI is InChI=1S/C18H34N6S2/c1-5-26-16-9-6-8-15(12-16)21-18(19-10-7-11-25-4)20-13-17-23-22-14(2)24(17)3/h15-16H,5-13H2,1-4H3,(H2,19,20,21). The molecule has 1 aromatic rings. The van der Waals surface area contributed by atoms with Crippen LogP contribution in [-0.2, 0) is 13.6 Å². The van der Waals surface area contributed by atoms with Crippen LogP contribution in [0.1, 0.15) is 50.7 Å². The maximum absolute atomic E-state index is 4.79. The van der Waals surface area contributed by atoms with Crippen molar-refractivity contribution in [1.29, 1.82) is 0 Å². The van der Waals surface area contributed by atoms with Crippen molar-refractivity contribution in [3.63, 3.8) is 0 Å². The summed E-state index contributed by atoms with van der Waals surface area (Å²) < 4.78 is 2.00. The highest BCUT2D eigenvalue weighted by Gasteiger charge is 2.22. The molecule has 0 amide bonds. The van der Waals surface area contributed by atoms with Gasteiger partial charge in [0.15, 0.2) is 11.8 Å². The lowest BCUT2D eigenvalue weighted by molar-refractivity contribution is 0.418. The van der Waals surface area contributed by atoms with Gasteiger partial charge in [0, 0.05) is 24.9 Å². The second-order valence-corrected chi connectivity index (χ2v) is 9.31. The summed E-state index contributed by atoms with van der Waals surface area (Å²) >= 11 is 3.98. The second-order valence-electron chi connectivity index (χ2n) is 6.75. The molecular weight excluding hydrogens is 364 g/mol. The Balaban J connectivity index is 1.95. The van der Waals surface area contributed by atoms with E-state index in [0.29, 0.717) is 12.6 Å². The summed E-state index contributed by atoms with van der Waals surface area (Å²) in [6.07, 6.45) is 8.41. The Hall–Kier alpha value is -0.890. The highest BCUT2D eigenvalue weighted by molar-refractivity contribution is 7.99. The van der Waals surface area contributed by atoms with Gasteiger partial charge in [0.2, 0.25) is 0 Å². The van der Waals surface area contributed by atoms with Crippen molar-refractivity contribution >= 4 is 29.5 Å². The largest absolute Gasteiger partial charge is 0.356 e. The third kappa shape index (κ3) is 7.02. The minimum Gasteiger partial charge on any atom is -0.356 e. The van der Waals surface area contributed by atoms with Crippen molar-refractivity contribution < 1.29 is 0 Å². The van der Waals surface area contributed by atoms with E-state index in [1.54, 1.807) is 0 Å². The zero-order valence-corrected chi connectivity index (χ0v) is 18.3. The van der Waals surface area contributed by atoms with E-state index in [2.05, 4.69) is 45.8 Å². The summed E-state index contributed by atoms with van der Waals surface area (Å²) in [6.45, 7) is 5.72. The molecule has 1 fully saturated rings. The van der Waals surface area contributed by atoms with Gasteiger partial charge in [-0.2, -0.15) is 23.5 Å². The molecule has 2 N–H and O–H groups in total.